The van der Waals surface area contributed by atoms with E-state index in [1.54, 1.807) is 31.4 Å². The molecule has 0 heterocycles. The highest BCUT2D eigenvalue weighted by Gasteiger charge is 2.56. The monoisotopic (exact) mass is 304 g/mol. The predicted octanol–water partition coefficient (Wildman–Crippen LogP) is 2.58. The molecular weight excluding hydrogens is 280 g/mol. The Kier molecular flexibility index (Phi) is 5.06. The van der Waals surface area contributed by atoms with Gasteiger partial charge in [-0.1, -0.05) is 19.9 Å². The van der Waals surface area contributed by atoms with Gasteiger partial charge in [-0.05, 0) is 37.3 Å². The summed E-state index contributed by atoms with van der Waals surface area (Å²) in [6.07, 6.45) is 2.13. The van der Waals surface area contributed by atoms with Crippen LogP contribution < -0.4 is 15.4 Å². The minimum Gasteiger partial charge on any atom is -0.497 e. The lowest BCUT2D eigenvalue weighted by atomic mass is 10.0. The fraction of sp³-hybridized carbons (Fsp3) is 0.529. The third-order valence-electron chi connectivity index (χ3n) is 3.95. The Morgan fingerprint density at radius 2 is 2.00 bits per heavy atom. The van der Waals surface area contributed by atoms with E-state index in [9.17, 15) is 9.59 Å². The van der Waals surface area contributed by atoms with Crippen molar-refractivity contribution in [1.29, 1.82) is 0 Å². The molecule has 1 aliphatic rings. The first-order valence-electron chi connectivity index (χ1n) is 7.72. The lowest BCUT2D eigenvalue weighted by Crippen LogP contribution is -2.40. The third-order valence-corrected chi connectivity index (χ3v) is 3.95. The maximum atomic E-state index is 12.4. The second-order valence-corrected chi connectivity index (χ2v) is 6.21. The Morgan fingerprint density at radius 3 is 2.59 bits per heavy atom. The zero-order chi connectivity index (χ0) is 16.2. The molecule has 1 aliphatic carbocycles. The van der Waals surface area contributed by atoms with E-state index in [1.165, 1.54) is 0 Å². The van der Waals surface area contributed by atoms with Gasteiger partial charge in [-0.2, -0.15) is 0 Å². The Labute approximate surface area is 131 Å². The zero-order valence-electron chi connectivity index (χ0n) is 13.4. The highest BCUT2D eigenvalue weighted by Crippen LogP contribution is 2.46. The second-order valence-electron chi connectivity index (χ2n) is 6.21. The number of amides is 2. The molecule has 1 aromatic carbocycles. The summed E-state index contributed by atoms with van der Waals surface area (Å²) in [5.41, 5.74) is -0.245. The highest BCUT2D eigenvalue weighted by molar-refractivity contribution is 6.13. The third kappa shape index (κ3) is 3.78. The van der Waals surface area contributed by atoms with E-state index in [-0.39, 0.29) is 11.8 Å². The molecule has 5 heteroatoms. The standard InChI is InChI=1S/C17H24N2O3/c1-12(2)7-10-18-15(20)17(8-9-17)16(21)19-13-5-4-6-14(11-13)22-3/h4-6,11-12H,7-10H2,1-3H3,(H,18,20)(H,19,21). The molecule has 0 atom stereocenters. The van der Waals surface area contributed by atoms with Crippen LogP contribution in [0.1, 0.15) is 33.1 Å². The van der Waals surface area contributed by atoms with Gasteiger partial charge in [-0.15, -0.1) is 0 Å². The summed E-state index contributed by atoms with van der Waals surface area (Å²) >= 11 is 0. The first kappa shape index (κ1) is 16.3. The summed E-state index contributed by atoms with van der Waals surface area (Å²) in [4.78, 5) is 24.7. The average Bonchev–Trinajstić information content (AvgIpc) is 3.28. The number of hydrogen-bond donors (Lipinski definition) is 2. The minimum absolute atomic E-state index is 0.159. The van der Waals surface area contributed by atoms with Crippen LogP contribution in [-0.4, -0.2) is 25.5 Å². The van der Waals surface area contributed by atoms with E-state index in [0.717, 1.165) is 6.42 Å². The van der Waals surface area contributed by atoms with E-state index in [1.807, 2.05) is 0 Å². The molecule has 1 aromatic rings. The van der Waals surface area contributed by atoms with Gasteiger partial charge in [-0.25, -0.2) is 0 Å². The molecule has 0 aromatic heterocycles. The van der Waals surface area contributed by atoms with Crippen LogP contribution in [0, 0.1) is 11.3 Å². The molecule has 0 radical (unpaired) electrons. The predicted molar refractivity (Wildman–Crippen MR) is 85.8 cm³/mol. The average molecular weight is 304 g/mol. The normalized spacial score (nSPS) is 15.3. The number of nitrogens with one attached hydrogen (secondary N) is 2. The number of carbonyl (C=O) groups excluding carboxylic acids is 2. The van der Waals surface area contributed by atoms with Crippen molar-refractivity contribution in [2.24, 2.45) is 11.3 Å². The van der Waals surface area contributed by atoms with Gasteiger partial charge in [0, 0.05) is 18.3 Å². The van der Waals surface area contributed by atoms with E-state index in [4.69, 9.17) is 4.74 Å². The SMILES string of the molecule is COc1cccc(NC(=O)C2(C(=O)NCCC(C)C)CC2)c1. The van der Waals surface area contributed by atoms with Crippen LogP contribution in [-0.2, 0) is 9.59 Å². The van der Waals surface area contributed by atoms with Gasteiger partial charge in [0.25, 0.3) is 0 Å². The van der Waals surface area contributed by atoms with Gasteiger partial charge in [-0.3, -0.25) is 9.59 Å². The summed E-state index contributed by atoms with van der Waals surface area (Å²) in [5, 5.41) is 5.70. The lowest BCUT2D eigenvalue weighted by molar-refractivity contribution is -0.134. The van der Waals surface area contributed by atoms with Crippen molar-refractivity contribution in [2.75, 3.05) is 19.0 Å². The van der Waals surface area contributed by atoms with Crippen LogP contribution in [0.25, 0.3) is 0 Å². The van der Waals surface area contributed by atoms with Gasteiger partial charge < -0.3 is 15.4 Å². The molecule has 120 valence electrons. The largest absolute Gasteiger partial charge is 0.497 e. The van der Waals surface area contributed by atoms with Crippen molar-refractivity contribution in [2.45, 2.75) is 33.1 Å². The first-order valence-corrected chi connectivity index (χ1v) is 7.72. The van der Waals surface area contributed by atoms with E-state index < -0.39 is 5.41 Å². The topological polar surface area (TPSA) is 67.4 Å². The van der Waals surface area contributed by atoms with Crippen LogP contribution >= 0.6 is 0 Å². The number of carbonyl (C=O) groups is 2. The molecule has 0 aliphatic heterocycles. The molecular formula is C17H24N2O3. The molecule has 0 bridgehead atoms. The number of hydrogen-bond acceptors (Lipinski definition) is 3. The van der Waals surface area contributed by atoms with Gasteiger partial charge in [0.1, 0.15) is 11.2 Å². The molecule has 2 rings (SSSR count). The summed E-state index contributed by atoms with van der Waals surface area (Å²) in [6, 6.07) is 7.13. The van der Waals surface area contributed by atoms with Crippen LogP contribution in [0.4, 0.5) is 5.69 Å². The molecule has 5 nitrogen and oxygen atoms in total. The van der Waals surface area contributed by atoms with Crippen molar-refractivity contribution in [3.8, 4) is 5.75 Å². The van der Waals surface area contributed by atoms with Crippen LogP contribution in [0.2, 0.25) is 0 Å². The Morgan fingerprint density at radius 1 is 1.27 bits per heavy atom. The fourth-order valence-electron chi connectivity index (χ4n) is 2.28. The molecule has 1 fully saturated rings. The lowest BCUT2D eigenvalue weighted by Gasteiger charge is -2.16. The van der Waals surface area contributed by atoms with E-state index in [2.05, 4.69) is 24.5 Å². The second kappa shape index (κ2) is 6.81. The van der Waals surface area contributed by atoms with Crippen molar-refractivity contribution in [1.82, 2.24) is 5.32 Å². The molecule has 0 unspecified atom stereocenters. The summed E-state index contributed by atoms with van der Waals surface area (Å²) < 4.78 is 5.13. The quantitative estimate of drug-likeness (QED) is 0.761. The van der Waals surface area contributed by atoms with E-state index in [0.29, 0.717) is 36.7 Å². The van der Waals surface area contributed by atoms with Crippen LogP contribution in [0.5, 0.6) is 5.75 Å². The summed E-state index contributed by atoms with van der Waals surface area (Å²) in [6.45, 7) is 4.83. The Hall–Kier alpha value is -2.04. The maximum Gasteiger partial charge on any atom is 0.240 e. The number of methoxy groups -OCH3 is 1. The van der Waals surface area contributed by atoms with Gasteiger partial charge in [0.05, 0.1) is 7.11 Å². The molecule has 1 saturated carbocycles. The van der Waals surface area contributed by atoms with Crippen LogP contribution in [0.3, 0.4) is 0 Å². The van der Waals surface area contributed by atoms with Crippen molar-refractivity contribution in [3.05, 3.63) is 24.3 Å². The molecule has 0 spiro atoms. The molecule has 0 saturated heterocycles. The highest BCUT2D eigenvalue weighted by atomic mass is 16.5. The Bertz CT molecular complexity index is 551. The molecule has 2 amide bonds. The molecule has 22 heavy (non-hydrogen) atoms. The number of benzene rings is 1. The minimum atomic E-state index is -0.889. The molecule has 2 N–H and O–H groups in total. The van der Waals surface area contributed by atoms with Crippen LogP contribution in [0.15, 0.2) is 24.3 Å². The van der Waals surface area contributed by atoms with E-state index >= 15 is 0 Å². The summed E-state index contributed by atoms with van der Waals surface area (Å²) in [7, 11) is 1.57. The summed E-state index contributed by atoms with van der Waals surface area (Å²) in [5.74, 6) is 0.807. The maximum absolute atomic E-state index is 12.4. The zero-order valence-corrected chi connectivity index (χ0v) is 13.4. The smallest absolute Gasteiger partial charge is 0.240 e. The van der Waals surface area contributed by atoms with Gasteiger partial charge in [0.2, 0.25) is 11.8 Å². The van der Waals surface area contributed by atoms with Gasteiger partial charge >= 0.3 is 0 Å². The van der Waals surface area contributed by atoms with Crippen molar-refractivity contribution >= 4 is 17.5 Å². The fourth-order valence-corrected chi connectivity index (χ4v) is 2.28. The number of ether oxygens (including phenoxy) is 1. The number of anilines is 1. The Balaban J connectivity index is 1.94. The van der Waals surface area contributed by atoms with Gasteiger partial charge in [0.15, 0.2) is 0 Å². The number of rotatable bonds is 7. The first-order chi connectivity index (χ1) is 10.5. The van der Waals surface area contributed by atoms with Crippen molar-refractivity contribution < 1.29 is 14.3 Å². The van der Waals surface area contributed by atoms with Crippen molar-refractivity contribution in [3.63, 3.8) is 0 Å².